The quantitative estimate of drug-likeness (QED) is 0.625. The Morgan fingerprint density at radius 3 is 2.50 bits per heavy atom. The molecule has 2 N–H and O–H groups in total. The van der Waals surface area contributed by atoms with Gasteiger partial charge in [0.1, 0.15) is 11.5 Å². The van der Waals surface area contributed by atoms with Crippen molar-refractivity contribution in [3.8, 4) is 0 Å². The van der Waals surface area contributed by atoms with Crippen LogP contribution in [0.25, 0.3) is 0 Å². The molecule has 0 radical (unpaired) electrons. The Bertz CT molecular complexity index is 474. The number of rotatable bonds is 6. The van der Waals surface area contributed by atoms with E-state index in [-0.39, 0.29) is 17.6 Å². The van der Waals surface area contributed by atoms with Crippen molar-refractivity contribution in [1.29, 1.82) is 0 Å². The Hall–Kier alpha value is -1.49. The molecule has 5 nitrogen and oxygen atoms in total. The van der Waals surface area contributed by atoms with Crippen molar-refractivity contribution in [2.45, 2.75) is 53.7 Å². The third-order valence-electron chi connectivity index (χ3n) is 3.55. The van der Waals surface area contributed by atoms with E-state index in [1.807, 2.05) is 19.1 Å². The summed E-state index contributed by atoms with van der Waals surface area (Å²) in [6.07, 6.45) is 0.0733. The number of nitrogens with zero attached hydrogens (tertiary/aromatic N) is 1. The van der Waals surface area contributed by atoms with E-state index in [1.165, 1.54) is 0 Å². The van der Waals surface area contributed by atoms with E-state index in [2.05, 4.69) is 50.2 Å². The first-order valence-electron chi connectivity index (χ1n) is 7.92. The third-order valence-corrected chi connectivity index (χ3v) is 3.55. The minimum absolute atomic E-state index is 0.0549. The molecule has 22 heavy (non-hydrogen) atoms. The molecule has 126 valence electrons. The molecule has 0 fully saturated rings. The van der Waals surface area contributed by atoms with Gasteiger partial charge in [0.2, 0.25) is 0 Å². The van der Waals surface area contributed by atoms with Crippen molar-refractivity contribution in [2.75, 3.05) is 20.2 Å². The summed E-state index contributed by atoms with van der Waals surface area (Å²) < 4.78 is 11.2. The summed E-state index contributed by atoms with van der Waals surface area (Å²) in [5.41, 5.74) is 0.0549. The molecule has 2 unspecified atom stereocenters. The number of aryl methyl sites for hydroxylation is 1. The summed E-state index contributed by atoms with van der Waals surface area (Å²) in [5.74, 6) is 2.59. The normalized spacial score (nSPS) is 15.5. The molecule has 0 aliphatic rings. The van der Waals surface area contributed by atoms with Gasteiger partial charge >= 0.3 is 0 Å². The fourth-order valence-electron chi connectivity index (χ4n) is 2.16. The lowest BCUT2D eigenvalue weighted by molar-refractivity contribution is 0.0241. The van der Waals surface area contributed by atoms with E-state index >= 15 is 0 Å². The van der Waals surface area contributed by atoms with Crippen LogP contribution in [0, 0.1) is 12.3 Å². The standard InChI is InChI=1S/C17H31N3O2/c1-8-18-16(19-11-15(21-7)17(4,5)6)20-13(3)14-10-9-12(2)22-14/h9-10,13,15H,8,11H2,1-7H3,(H2,18,19,20). The first-order valence-corrected chi connectivity index (χ1v) is 7.92. The second-order valence-corrected chi connectivity index (χ2v) is 6.62. The van der Waals surface area contributed by atoms with Crippen LogP contribution >= 0.6 is 0 Å². The van der Waals surface area contributed by atoms with E-state index < -0.39 is 0 Å². The molecule has 1 rings (SSSR count). The average molecular weight is 309 g/mol. The van der Waals surface area contributed by atoms with Crippen LogP contribution < -0.4 is 10.6 Å². The molecule has 0 saturated carbocycles. The molecule has 0 spiro atoms. The zero-order valence-corrected chi connectivity index (χ0v) is 15.0. The lowest BCUT2D eigenvalue weighted by Gasteiger charge is -2.28. The van der Waals surface area contributed by atoms with E-state index in [1.54, 1.807) is 7.11 Å². The predicted molar refractivity (Wildman–Crippen MR) is 91.2 cm³/mol. The summed E-state index contributed by atoms with van der Waals surface area (Å²) in [4.78, 5) is 4.65. The molecule has 0 saturated heterocycles. The maximum atomic E-state index is 5.66. The Labute approximate surface area is 134 Å². The number of ether oxygens (including phenoxy) is 1. The van der Waals surface area contributed by atoms with Crippen molar-refractivity contribution in [3.05, 3.63) is 23.7 Å². The zero-order chi connectivity index (χ0) is 16.8. The number of furan rings is 1. The second kappa shape index (κ2) is 8.22. The molecule has 0 aliphatic heterocycles. The van der Waals surface area contributed by atoms with Gasteiger partial charge in [-0.2, -0.15) is 0 Å². The summed E-state index contributed by atoms with van der Waals surface area (Å²) in [7, 11) is 1.74. The van der Waals surface area contributed by atoms with Crippen LogP contribution in [-0.2, 0) is 4.74 Å². The molecule has 0 aliphatic carbocycles. The Morgan fingerprint density at radius 1 is 1.36 bits per heavy atom. The van der Waals surface area contributed by atoms with Gasteiger partial charge in [-0.1, -0.05) is 20.8 Å². The molecule has 1 aromatic rings. The molecule has 2 atom stereocenters. The number of guanidine groups is 1. The lowest BCUT2D eigenvalue weighted by atomic mass is 9.89. The molecule has 0 aromatic carbocycles. The van der Waals surface area contributed by atoms with Crippen molar-refractivity contribution in [1.82, 2.24) is 10.6 Å². The highest BCUT2D eigenvalue weighted by molar-refractivity contribution is 5.80. The van der Waals surface area contributed by atoms with Crippen LogP contribution in [0.5, 0.6) is 0 Å². The number of hydrogen-bond acceptors (Lipinski definition) is 3. The number of nitrogens with one attached hydrogen (secondary N) is 2. The van der Waals surface area contributed by atoms with Gasteiger partial charge in [0.15, 0.2) is 5.96 Å². The Morgan fingerprint density at radius 2 is 2.05 bits per heavy atom. The van der Waals surface area contributed by atoms with E-state index in [9.17, 15) is 0 Å². The second-order valence-electron chi connectivity index (χ2n) is 6.62. The minimum Gasteiger partial charge on any atom is -0.464 e. The molecular formula is C17H31N3O2. The summed E-state index contributed by atoms with van der Waals surface area (Å²) in [6.45, 7) is 13.9. The van der Waals surface area contributed by atoms with Crippen LogP contribution in [0.3, 0.4) is 0 Å². The summed E-state index contributed by atoms with van der Waals surface area (Å²) in [5, 5.41) is 6.63. The maximum Gasteiger partial charge on any atom is 0.191 e. The first kappa shape index (κ1) is 18.6. The van der Waals surface area contributed by atoms with Crippen LogP contribution in [0.15, 0.2) is 21.5 Å². The van der Waals surface area contributed by atoms with E-state index in [0.29, 0.717) is 6.54 Å². The maximum absolute atomic E-state index is 5.66. The topological polar surface area (TPSA) is 58.8 Å². The van der Waals surface area contributed by atoms with Gasteiger partial charge in [-0.3, -0.25) is 4.99 Å². The Balaban J connectivity index is 2.73. The number of aliphatic imine (C=N–C) groups is 1. The highest BCUT2D eigenvalue weighted by Crippen LogP contribution is 2.22. The van der Waals surface area contributed by atoms with Gasteiger partial charge in [-0.05, 0) is 38.3 Å². The summed E-state index contributed by atoms with van der Waals surface area (Å²) in [6, 6.07) is 4.02. The number of hydrogen-bond donors (Lipinski definition) is 2. The van der Waals surface area contributed by atoms with Crippen molar-refractivity contribution in [3.63, 3.8) is 0 Å². The molecule has 1 aromatic heterocycles. The third kappa shape index (κ3) is 5.72. The molecular weight excluding hydrogens is 278 g/mol. The minimum atomic E-state index is 0.0549. The SMILES string of the molecule is CCNC(=NCC(OC)C(C)(C)C)NC(C)c1ccc(C)o1. The van der Waals surface area contributed by atoms with Crippen LogP contribution in [0.4, 0.5) is 0 Å². The lowest BCUT2D eigenvalue weighted by Crippen LogP contribution is -2.40. The van der Waals surface area contributed by atoms with Crippen molar-refractivity contribution < 1.29 is 9.15 Å². The van der Waals surface area contributed by atoms with Gasteiger partial charge in [-0.15, -0.1) is 0 Å². The summed E-state index contributed by atoms with van der Waals surface area (Å²) >= 11 is 0. The van der Waals surface area contributed by atoms with E-state index in [0.717, 1.165) is 24.0 Å². The molecule has 5 heteroatoms. The monoisotopic (exact) mass is 309 g/mol. The van der Waals surface area contributed by atoms with Crippen molar-refractivity contribution in [2.24, 2.45) is 10.4 Å². The van der Waals surface area contributed by atoms with Gasteiger partial charge in [-0.25, -0.2) is 0 Å². The average Bonchev–Trinajstić information content (AvgIpc) is 2.84. The predicted octanol–water partition coefficient (Wildman–Crippen LogP) is 3.27. The highest BCUT2D eigenvalue weighted by atomic mass is 16.5. The molecule has 1 heterocycles. The zero-order valence-electron chi connectivity index (χ0n) is 15.0. The van der Waals surface area contributed by atoms with E-state index in [4.69, 9.17) is 9.15 Å². The van der Waals surface area contributed by atoms with Crippen LogP contribution in [0.1, 0.15) is 52.2 Å². The smallest absolute Gasteiger partial charge is 0.191 e. The highest BCUT2D eigenvalue weighted by Gasteiger charge is 2.24. The van der Waals surface area contributed by atoms with Gasteiger partial charge in [0.25, 0.3) is 0 Å². The largest absolute Gasteiger partial charge is 0.464 e. The van der Waals surface area contributed by atoms with Gasteiger partial charge in [0.05, 0.1) is 18.7 Å². The molecule has 0 bridgehead atoms. The van der Waals surface area contributed by atoms with Gasteiger partial charge in [0, 0.05) is 13.7 Å². The first-order chi connectivity index (χ1) is 10.3. The fraction of sp³-hybridized carbons (Fsp3) is 0.706. The van der Waals surface area contributed by atoms with Crippen LogP contribution in [-0.4, -0.2) is 32.3 Å². The Kier molecular flexibility index (Phi) is 6.94. The van der Waals surface area contributed by atoms with Crippen molar-refractivity contribution >= 4 is 5.96 Å². The van der Waals surface area contributed by atoms with Gasteiger partial charge < -0.3 is 19.8 Å². The fourth-order valence-corrected chi connectivity index (χ4v) is 2.16. The van der Waals surface area contributed by atoms with Crippen LogP contribution in [0.2, 0.25) is 0 Å². The number of methoxy groups -OCH3 is 1. The molecule has 0 amide bonds.